The van der Waals surface area contributed by atoms with Gasteiger partial charge < -0.3 is 10.6 Å². The summed E-state index contributed by atoms with van der Waals surface area (Å²) in [7, 11) is 1.48. The number of carbonyl (C=O) groups excluding carboxylic acids is 2. The first kappa shape index (κ1) is 19.2. The van der Waals surface area contributed by atoms with Gasteiger partial charge in [0, 0.05) is 13.1 Å². The molecule has 0 aliphatic heterocycles. The molecule has 128 valence electrons. The first-order valence-electron chi connectivity index (χ1n) is 8.23. The van der Waals surface area contributed by atoms with E-state index >= 15 is 0 Å². The average Bonchev–Trinajstić information content (AvgIpc) is 2.54. The maximum Gasteiger partial charge on any atom is 0.321 e. The smallest absolute Gasteiger partial charge is 0.321 e. The minimum atomic E-state index is -0.490. The van der Waals surface area contributed by atoms with E-state index < -0.39 is 6.03 Å². The van der Waals surface area contributed by atoms with Crippen LogP contribution in [0.25, 0.3) is 0 Å². The molecule has 0 saturated carbocycles. The fourth-order valence-corrected chi connectivity index (χ4v) is 2.44. The molecule has 5 heteroatoms. The summed E-state index contributed by atoms with van der Waals surface area (Å²) in [4.78, 5) is 22.8. The molecule has 0 saturated heterocycles. The van der Waals surface area contributed by atoms with Crippen molar-refractivity contribution in [2.75, 3.05) is 13.6 Å². The van der Waals surface area contributed by atoms with Gasteiger partial charge in [0.25, 0.3) is 0 Å². The number of benzene rings is 1. The van der Waals surface area contributed by atoms with Gasteiger partial charge in [-0.1, -0.05) is 52.0 Å². The Balaban J connectivity index is 2.71. The van der Waals surface area contributed by atoms with Crippen LogP contribution in [0.1, 0.15) is 57.2 Å². The number of amides is 3. The highest BCUT2D eigenvalue weighted by molar-refractivity contribution is 5.95. The van der Waals surface area contributed by atoms with Gasteiger partial charge in [-0.2, -0.15) is 0 Å². The van der Waals surface area contributed by atoms with Crippen LogP contribution in [0.3, 0.4) is 0 Å². The van der Waals surface area contributed by atoms with Crippen molar-refractivity contribution < 1.29 is 9.59 Å². The molecule has 0 radical (unpaired) electrons. The van der Waals surface area contributed by atoms with Crippen molar-refractivity contribution in [3.63, 3.8) is 0 Å². The Morgan fingerprint density at radius 1 is 1.04 bits per heavy atom. The molecule has 0 aliphatic rings. The van der Waals surface area contributed by atoms with Crippen molar-refractivity contribution in [1.82, 2.24) is 16.0 Å². The van der Waals surface area contributed by atoms with Crippen LogP contribution >= 0.6 is 0 Å². The van der Waals surface area contributed by atoms with Crippen molar-refractivity contribution in [3.05, 3.63) is 35.4 Å². The fraction of sp³-hybridized carbons (Fsp3) is 0.556. The minimum Gasteiger partial charge on any atom is -0.341 e. The molecule has 0 heterocycles. The van der Waals surface area contributed by atoms with Crippen molar-refractivity contribution >= 4 is 11.9 Å². The Kier molecular flexibility index (Phi) is 7.75. The van der Waals surface area contributed by atoms with Crippen LogP contribution in [0.5, 0.6) is 0 Å². The Morgan fingerprint density at radius 2 is 1.61 bits per heavy atom. The van der Waals surface area contributed by atoms with Crippen molar-refractivity contribution in [2.45, 2.75) is 46.1 Å². The van der Waals surface area contributed by atoms with Gasteiger partial charge in [0.05, 0.1) is 6.54 Å². The Labute approximate surface area is 139 Å². The highest BCUT2D eigenvalue weighted by atomic mass is 16.2. The van der Waals surface area contributed by atoms with E-state index in [0.717, 1.165) is 12.0 Å². The molecule has 3 amide bonds. The molecule has 0 fully saturated rings. The molecule has 0 aliphatic carbocycles. The lowest BCUT2D eigenvalue weighted by atomic mass is 9.92. The normalized spacial score (nSPS) is 13.5. The molecule has 2 atom stereocenters. The number of urea groups is 1. The summed E-state index contributed by atoms with van der Waals surface area (Å²) >= 11 is 0. The molecule has 0 spiro atoms. The predicted molar refractivity (Wildman–Crippen MR) is 93.3 cm³/mol. The first-order chi connectivity index (χ1) is 10.9. The van der Waals surface area contributed by atoms with Gasteiger partial charge in [-0.3, -0.25) is 10.1 Å². The summed E-state index contributed by atoms with van der Waals surface area (Å²) in [5, 5.41) is 7.85. The second-order valence-electron chi connectivity index (χ2n) is 6.21. The Morgan fingerprint density at radius 3 is 2.09 bits per heavy atom. The predicted octanol–water partition coefficient (Wildman–Crippen LogP) is 2.94. The SMILES string of the molecule is CC[C@@H](C)c1ccc([C@H](NCC(=O)NC(=O)NC)C(C)C)cc1. The number of hydrogen-bond acceptors (Lipinski definition) is 3. The van der Waals surface area contributed by atoms with Crippen LogP contribution in [-0.4, -0.2) is 25.5 Å². The van der Waals surface area contributed by atoms with Crippen molar-refractivity contribution in [2.24, 2.45) is 5.92 Å². The molecule has 0 aromatic heterocycles. The highest BCUT2D eigenvalue weighted by Gasteiger charge is 2.17. The average molecular weight is 319 g/mol. The Hall–Kier alpha value is -1.88. The van der Waals surface area contributed by atoms with Gasteiger partial charge in [-0.15, -0.1) is 0 Å². The van der Waals surface area contributed by atoms with Crippen LogP contribution < -0.4 is 16.0 Å². The third-order valence-electron chi connectivity index (χ3n) is 4.11. The summed E-state index contributed by atoms with van der Waals surface area (Å²) in [6, 6.07) is 8.13. The number of nitrogens with one attached hydrogen (secondary N) is 3. The molecule has 0 unspecified atom stereocenters. The molecule has 1 aromatic carbocycles. The number of imide groups is 1. The van der Waals surface area contributed by atoms with Gasteiger partial charge in [-0.05, 0) is 29.4 Å². The van der Waals surface area contributed by atoms with Crippen LogP contribution in [0.15, 0.2) is 24.3 Å². The highest BCUT2D eigenvalue weighted by Crippen LogP contribution is 2.25. The zero-order chi connectivity index (χ0) is 17.4. The third kappa shape index (κ3) is 6.02. The maximum absolute atomic E-state index is 11.7. The van der Waals surface area contributed by atoms with E-state index in [-0.39, 0.29) is 18.5 Å². The lowest BCUT2D eigenvalue weighted by molar-refractivity contribution is -0.119. The van der Waals surface area contributed by atoms with E-state index in [1.54, 1.807) is 0 Å². The minimum absolute atomic E-state index is 0.0661. The topological polar surface area (TPSA) is 70.2 Å². The van der Waals surface area contributed by atoms with Crippen LogP contribution in [0.2, 0.25) is 0 Å². The van der Waals surface area contributed by atoms with E-state index in [2.05, 4.69) is 67.9 Å². The molecule has 23 heavy (non-hydrogen) atoms. The van der Waals surface area contributed by atoms with Gasteiger partial charge in [0.1, 0.15) is 0 Å². The van der Waals surface area contributed by atoms with Crippen molar-refractivity contribution in [1.29, 1.82) is 0 Å². The fourth-order valence-electron chi connectivity index (χ4n) is 2.44. The monoisotopic (exact) mass is 319 g/mol. The van der Waals surface area contributed by atoms with Crippen LogP contribution in [0.4, 0.5) is 4.79 Å². The quantitative estimate of drug-likeness (QED) is 0.723. The summed E-state index contributed by atoms with van der Waals surface area (Å²) in [5.41, 5.74) is 2.48. The van der Waals surface area contributed by atoms with E-state index in [1.807, 2.05) is 0 Å². The van der Waals surface area contributed by atoms with E-state index in [4.69, 9.17) is 0 Å². The summed E-state index contributed by atoms with van der Waals surface area (Å²) < 4.78 is 0. The largest absolute Gasteiger partial charge is 0.341 e. The summed E-state index contributed by atoms with van der Waals surface area (Å²) in [6.07, 6.45) is 1.12. The molecular weight excluding hydrogens is 290 g/mol. The van der Waals surface area contributed by atoms with Crippen molar-refractivity contribution in [3.8, 4) is 0 Å². The van der Waals surface area contributed by atoms with E-state index in [9.17, 15) is 9.59 Å². The number of rotatable bonds is 7. The summed E-state index contributed by atoms with van der Waals surface area (Å²) in [5.74, 6) is 0.538. The first-order valence-corrected chi connectivity index (χ1v) is 8.23. The zero-order valence-corrected chi connectivity index (χ0v) is 14.8. The zero-order valence-electron chi connectivity index (χ0n) is 14.8. The number of carbonyl (C=O) groups is 2. The van der Waals surface area contributed by atoms with Gasteiger partial charge >= 0.3 is 6.03 Å². The molecule has 3 N–H and O–H groups in total. The van der Waals surface area contributed by atoms with Crippen LogP contribution in [-0.2, 0) is 4.79 Å². The molecular formula is C18H29N3O2. The molecule has 5 nitrogen and oxygen atoms in total. The van der Waals surface area contributed by atoms with Gasteiger partial charge in [-0.25, -0.2) is 4.79 Å². The van der Waals surface area contributed by atoms with Gasteiger partial charge in [0.15, 0.2) is 0 Å². The molecule has 1 aromatic rings. The standard InChI is InChI=1S/C18H29N3O2/c1-6-13(4)14-7-9-15(10-8-14)17(12(2)3)20-11-16(22)21-18(23)19-5/h7-10,12-13,17,20H,6,11H2,1-5H3,(H2,19,21,22,23)/t13-,17-/m1/s1. The Bertz CT molecular complexity index is 512. The molecule has 0 bridgehead atoms. The molecule has 1 rings (SSSR count). The van der Waals surface area contributed by atoms with Gasteiger partial charge in [0.2, 0.25) is 5.91 Å². The second-order valence-corrected chi connectivity index (χ2v) is 6.21. The maximum atomic E-state index is 11.7. The third-order valence-corrected chi connectivity index (χ3v) is 4.11. The lowest BCUT2D eigenvalue weighted by Gasteiger charge is -2.23. The van der Waals surface area contributed by atoms with Crippen LogP contribution in [0, 0.1) is 5.92 Å². The van der Waals surface area contributed by atoms with E-state index in [0.29, 0.717) is 11.8 Å². The summed E-state index contributed by atoms with van der Waals surface area (Å²) in [6.45, 7) is 8.72. The second kappa shape index (κ2) is 9.30. The van der Waals surface area contributed by atoms with E-state index in [1.165, 1.54) is 12.6 Å². The lowest BCUT2D eigenvalue weighted by Crippen LogP contribution is -2.43. The number of hydrogen-bond donors (Lipinski definition) is 3.